The number of methoxy groups -OCH3 is 2. The van der Waals surface area contributed by atoms with Gasteiger partial charge in [0.25, 0.3) is 0 Å². The number of carbonyl (C=O) groups is 2. The van der Waals surface area contributed by atoms with E-state index >= 15 is 0 Å². The van der Waals surface area contributed by atoms with E-state index in [2.05, 4.69) is 192 Å². The molecule has 0 radical (unpaired) electrons. The number of Topliss-reactive ketones (excluding diaryl/α,β-unsaturated/α-hetero) is 2. The van der Waals surface area contributed by atoms with E-state index in [0.29, 0.717) is 147 Å². The Balaban J connectivity index is -0.0000000600. The molecular formula is C103H235NO16. The quantitative estimate of drug-likeness (QED) is 0.0384. The number of aliphatic hydroxyl groups is 3. The lowest BCUT2D eigenvalue weighted by Gasteiger charge is -2.28. The minimum absolute atomic E-state index is 0. The van der Waals surface area contributed by atoms with Gasteiger partial charge in [0, 0.05) is 59.9 Å². The predicted octanol–water partition coefficient (Wildman–Crippen LogP) is 29.5. The summed E-state index contributed by atoms with van der Waals surface area (Å²) in [7, 11) is 3.41. The maximum Gasteiger partial charge on any atom is 0.237 e. The van der Waals surface area contributed by atoms with Crippen LogP contribution >= 0.6 is 0 Å². The van der Waals surface area contributed by atoms with Crippen LogP contribution in [0.2, 0.25) is 0 Å². The Labute approximate surface area is 759 Å². The third kappa shape index (κ3) is 148. The molecule has 0 aromatic carbocycles. The number of ketones is 2. The van der Waals surface area contributed by atoms with Crippen LogP contribution in [-0.2, 0) is 61.7 Å². The summed E-state index contributed by atoms with van der Waals surface area (Å²) in [6, 6.07) is 0. The van der Waals surface area contributed by atoms with E-state index in [1.54, 1.807) is 21.1 Å². The van der Waals surface area contributed by atoms with Crippen LogP contribution in [0.5, 0.6) is 0 Å². The molecule has 3 aliphatic rings. The molecule has 0 aromatic heterocycles. The molecule has 1 heterocycles. The van der Waals surface area contributed by atoms with Crippen LogP contribution in [0.25, 0.3) is 4.85 Å². The molecule has 17 heteroatoms. The second-order valence-electron chi connectivity index (χ2n) is 35.8. The standard InChI is InChI=1S/C12H24O2.C12H22O2.C11H22O2.C10H22O2.C9H17NO.C9H20O2.C9H20O.C8H18O2.C6H14O.C6H12O.11CH4/c2*1-9(2)8-10(3)14-12-6-4-11(13)5-7-12;1-9(2)8-10(3)13-11-4-6-12-7-5-11;1-9(2)8-10(3)12-7-5-6-11-4;2*1-8(2)7-9(3)11-6-5-10-4;1-7(2)6-9(5)10-8(3)4;1-7(2)6-8(3)10-5-4-9;2*1-5(2)4-6(3)7;;;;;;;;;;;/h9-13H,4-8H2,1-3H3;9-10,12H,4-8H2,1-3H3;9-11H,4-8H2,1-3H3;9-10H,5-8H2,1-4H3;8-9H,5-7H2,1-3H3;8-9H,5-7H2,1-4H3;7-9H,6H2,1-5H3;7-9H,4-6H2,1-3H3;5-7H,4H2,1-3H3;5H,4H2,1-3H3;11*1H4. The summed E-state index contributed by atoms with van der Waals surface area (Å²) >= 11 is 0. The fourth-order valence-electron chi connectivity index (χ4n) is 12.9. The number of nitrogens with zero attached hydrogens (tertiary/aromatic N) is 1. The Morgan fingerprint density at radius 2 is 0.675 bits per heavy atom. The van der Waals surface area contributed by atoms with Crippen LogP contribution < -0.4 is 0 Å². The summed E-state index contributed by atoms with van der Waals surface area (Å²) in [6.45, 7) is 81.1. The van der Waals surface area contributed by atoms with Crippen molar-refractivity contribution in [2.24, 2.45) is 59.2 Å². The van der Waals surface area contributed by atoms with Crippen molar-refractivity contribution in [2.45, 2.75) is 524 Å². The van der Waals surface area contributed by atoms with E-state index in [0.717, 1.165) is 179 Å². The SMILES string of the molecule is C.C.C.C.C.C.C.C.C.C.C.CC(=O)CC(C)C.CC(C)CC(C)O.CC(C)CC(C)OC(C)C.CC(C)CC(C)OC1CCC(=O)CC1.CC(C)CC(C)OC1CCC(O)CC1.CC(C)CC(C)OC1CCOCC1.CC(C)CC(C)OCCO.COCCCOC(C)CC(C)C.COCCOC(C)CC(C)C.[C-]#[N+]CCOC(C)CC(C)C. The molecule has 0 spiro atoms. The fourth-order valence-corrected chi connectivity index (χ4v) is 12.9. The van der Waals surface area contributed by atoms with E-state index in [4.69, 9.17) is 68.9 Å². The average Bonchev–Trinajstić information content (AvgIpc) is 0.925. The predicted molar refractivity (Wildman–Crippen MR) is 536 cm³/mol. The molecule has 3 rings (SSSR count). The Morgan fingerprint density at radius 3 is 0.942 bits per heavy atom. The van der Waals surface area contributed by atoms with Crippen LogP contribution in [0.4, 0.5) is 0 Å². The maximum absolute atomic E-state index is 11.0. The number of ether oxygens (including phenoxy) is 11. The largest absolute Gasteiger partial charge is 0.394 e. The van der Waals surface area contributed by atoms with Crippen LogP contribution in [0.3, 0.4) is 0 Å². The van der Waals surface area contributed by atoms with Crippen LogP contribution in [0, 0.1) is 65.8 Å². The monoisotopic (exact) mass is 1740 g/mol. The first-order chi connectivity index (χ1) is 50.8. The molecule has 17 nitrogen and oxygen atoms in total. The highest BCUT2D eigenvalue weighted by Crippen LogP contribution is 2.25. The van der Waals surface area contributed by atoms with Gasteiger partial charge in [-0.05, 0) is 258 Å². The first kappa shape index (κ1) is 162. The van der Waals surface area contributed by atoms with Crippen molar-refractivity contribution in [2.75, 3.05) is 80.2 Å². The van der Waals surface area contributed by atoms with Crippen LogP contribution in [-0.4, -0.2) is 193 Å². The highest BCUT2D eigenvalue weighted by molar-refractivity contribution is 5.79. The molecule has 3 N–H and O–H groups in total. The van der Waals surface area contributed by atoms with Gasteiger partial charge in [0.05, 0.1) is 112 Å². The van der Waals surface area contributed by atoms with Gasteiger partial charge in [-0.15, -0.1) is 0 Å². The van der Waals surface area contributed by atoms with Gasteiger partial charge >= 0.3 is 0 Å². The maximum atomic E-state index is 11.0. The summed E-state index contributed by atoms with van der Waals surface area (Å²) < 4.78 is 60.1. The van der Waals surface area contributed by atoms with E-state index in [9.17, 15) is 14.7 Å². The minimum Gasteiger partial charge on any atom is -0.394 e. The Hall–Kier alpha value is -1.73. The third-order valence-electron chi connectivity index (χ3n) is 16.7. The molecule has 9 unspecified atom stereocenters. The molecule has 3 fully saturated rings. The van der Waals surface area contributed by atoms with Crippen LogP contribution in [0.1, 0.15) is 438 Å². The molecule has 0 aromatic rings. The molecule has 2 saturated carbocycles. The molecule has 1 saturated heterocycles. The Morgan fingerprint density at radius 1 is 0.383 bits per heavy atom. The Bertz CT molecular complexity index is 1850. The number of hydrogen-bond donors (Lipinski definition) is 3. The number of carbonyl (C=O) groups excluding carboxylic acids is 2. The highest BCUT2D eigenvalue weighted by atomic mass is 16.5. The van der Waals surface area contributed by atoms with Gasteiger partial charge in [0.1, 0.15) is 18.2 Å². The van der Waals surface area contributed by atoms with E-state index in [1.807, 2.05) is 27.7 Å². The molecule has 2 aliphatic carbocycles. The average molecular weight is 1740 g/mol. The molecular weight excluding hydrogens is 1510 g/mol. The van der Waals surface area contributed by atoms with Gasteiger partial charge in [-0.1, -0.05) is 220 Å². The van der Waals surface area contributed by atoms with Crippen LogP contribution in [0.15, 0.2) is 0 Å². The van der Waals surface area contributed by atoms with Crippen molar-refractivity contribution >= 4 is 11.6 Å². The van der Waals surface area contributed by atoms with E-state index < -0.39 is 0 Å². The zero-order valence-corrected chi connectivity index (χ0v) is 78.4. The topological polar surface area (TPSA) is 201 Å². The first-order valence-electron chi connectivity index (χ1n) is 43.7. The molecule has 1 aliphatic heterocycles. The molecule has 748 valence electrons. The molecule has 120 heavy (non-hydrogen) atoms. The van der Waals surface area contributed by atoms with Crippen molar-refractivity contribution < 1.29 is 77.0 Å². The summed E-state index contributed by atoms with van der Waals surface area (Å²) in [4.78, 5) is 24.5. The van der Waals surface area contributed by atoms with Gasteiger partial charge < -0.3 is 77.1 Å². The summed E-state index contributed by atoms with van der Waals surface area (Å²) in [6.07, 6.45) is 25.2. The number of rotatable bonds is 43. The fraction of sp³-hybridized carbons (Fsp3) is 0.971. The highest BCUT2D eigenvalue weighted by Gasteiger charge is 2.24. The Kier molecular flexibility index (Phi) is 150. The second-order valence-corrected chi connectivity index (χ2v) is 35.8. The number of aliphatic hydroxyl groups excluding tert-OH is 3. The van der Waals surface area contributed by atoms with Gasteiger partial charge in [-0.25, -0.2) is 6.57 Å². The normalized spacial score (nSPS) is 16.2. The van der Waals surface area contributed by atoms with Gasteiger partial charge in [0.15, 0.2) is 0 Å². The number of hydrogen-bond acceptors (Lipinski definition) is 16. The van der Waals surface area contributed by atoms with Gasteiger partial charge in [-0.3, -0.25) is 4.79 Å². The van der Waals surface area contributed by atoms with Crippen molar-refractivity contribution in [3.05, 3.63) is 11.4 Å². The minimum atomic E-state index is -0.125. The third-order valence-corrected chi connectivity index (χ3v) is 16.7. The summed E-state index contributed by atoms with van der Waals surface area (Å²) in [5, 5.41) is 26.5. The van der Waals surface area contributed by atoms with Gasteiger partial charge in [0.2, 0.25) is 6.54 Å². The summed E-state index contributed by atoms with van der Waals surface area (Å²) in [5.74, 6) is 7.51. The van der Waals surface area contributed by atoms with E-state index in [1.165, 1.54) is 0 Å². The lowest BCUT2D eigenvalue weighted by Crippen LogP contribution is -2.28. The van der Waals surface area contributed by atoms with Crippen molar-refractivity contribution in [3.8, 4) is 0 Å². The molecule has 0 amide bonds. The first-order valence-corrected chi connectivity index (χ1v) is 43.7. The molecule has 0 bridgehead atoms. The van der Waals surface area contributed by atoms with Gasteiger partial charge in [-0.2, -0.15) is 0 Å². The van der Waals surface area contributed by atoms with E-state index in [-0.39, 0.29) is 112 Å². The van der Waals surface area contributed by atoms with Crippen molar-refractivity contribution in [3.63, 3.8) is 0 Å². The zero-order chi connectivity index (χ0) is 85.4. The zero-order valence-electron chi connectivity index (χ0n) is 78.4. The lowest BCUT2D eigenvalue weighted by atomic mass is 9.95. The summed E-state index contributed by atoms with van der Waals surface area (Å²) in [5.41, 5.74) is 0. The molecule has 9 atom stereocenters. The smallest absolute Gasteiger partial charge is 0.237 e. The second kappa shape index (κ2) is 111. The van der Waals surface area contributed by atoms with Crippen molar-refractivity contribution in [1.82, 2.24) is 0 Å². The lowest BCUT2D eigenvalue weighted by molar-refractivity contribution is -0.124. The van der Waals surface area contributed by atoms with Crippen molar-refractivity contribution in [1.29, 1.82) is 0 Å².